The lowest BCUT2D eigenvalue weighted by Gasteiger charge is -2.30. The zero-order chi connectivity index (χ0) is 23.3. The van der Waals surface area contributed by atoms with Crippen LogP contribution in [-0.2, 0) is 32.5 Å². The Kier molecular flexibility index (Phi) is 7.52. The molecule has 0 radical (unpaired) electrons. The normalized spacial score (nSPS) is 13.7. The van der Waals surface area contributed by atoms with Gasteiger partial charge in [0.25, 0.3) is 5.91 Å². The number of carbonyl (C=O) groups is 2. The van der Waals surface area contributed by atoms with Crippen molar-refractivity contribution in [2.24, 2.45) is 5.73 Å². The van der Waals surface area contributed by atoms with Crippen LogP contribution < -0.4 is 15.4 Å². The number of rotatable bonds is 9. The molecule has 9 heteroatoms. The van der Waals surface area contributed by atoms with Gasteiger partial charge in [0.05, 0.1) is 11.3 Å². The van der Waals surface area contributed by atoms with Crippen molar-refractivity contribution < 1.29 is 22.7 Å². The molecule has 172 valence electrons. The average Bonchev–Trinajstić information content (AvgIpc) is 2.78. The Bertz CT molecular complexity index is 1080. The number of benzene rings is 2. The lowest BCUT2D eigenvalue weighted by Crippen LogP contribution is -2.39. The molecule has 0 saturated carbocycles. The Morgan fingerprint density at radius 1 is 1.09 bits per heavy atom. The molecule has 0 unspecified atom stereocenters. The van der Waals surface area contributed by atoms with E-state index >= 15 is 0 Å². The largest absolute Gasteiger partial charge is 0.484 e. The summed E-state index contributed by atoms with van der Waals surface area (Å²) in [5.41, 5.74) is 7.53. The second kappa shape index (κ2) is 10.1. The summed E-state index contributed by atoms with van der Waals surface area (Å²) in [4.78, 5) is 25.7. The predicted octanol–water partition coefficient (Wildman–Crippen LogP) is 2.10. The molecule has 0 spiro atoms. The van der Waals surface area contributed by atoms with E-state index in [4.69, 9.17) is 10.5 Å². The van der Waals surface area contributed by atoms with Crippen LogP contribution in [0.25, 0.3) is 0 Å². The molecule has 1 aliphatic rings. The predicted molar refractivity (Wildman–Crippen MR) is 122 cm³/mol. The van der Waals surface area contributed by atoms with E-state index in [1.165, 1.54) is 4.31 Å². The molecule has 3 rings (SSSR count). The summed E-state index contributed by atoms with van der Waals surface area (Å²) in [7, 11) is -3.55. The van der Waals surface area contributed by atoms with Crippen LogP contribution in [0.3, 0.4) is 0 Å². The first kappa shape index (κ1) is 23.7. The minimum atomic E-state index is -3.55. The Balaban J connectivity index is 1.71. The molecule has 0 atom stereocenters. The molecule has 0 saturated heterocycles. The van der Waals surface area contributed by atoms with E-state index in [-0.39, 0.29) is 23.8 Å². The van der Waals surface area contributed by atoms with Gasteiger partial charge in [-0.3, -0.25) is 9.59 Å². The summed E-state index contributed by atoms with van der Waals surface area (Å²) < 4.78 is 32.7. The van der Waals surface area contributed by atoms with Crippen LogP contribution in [0, 0.1) is 0 Å². The maximum Gasteiger partial charge on any atom is 0.264 e. The van der Waals surface area contributed by atoms with Gasteiger partial charge in [0.1, 0.15) is 5.75 Å². The molecule has 2 aromatic carbocycles. The van der Waals surface area contributed by atoms with Crippen molar-refractivity contribution >= 4 is 27.5 Å². The molecule has 0 aromatic heterocycles. The van der Waals surface area contributed by atoms with Crippen LogP contribution >= 0.6 is 0 Å². The Morgan fingerprint density at radius 2 is 1.78 bits per heavy atom. The van der Waals surface area contributed by atoms with E-state index in [2.05, 4.69) is 0 Å². The van der Waals surface area contributed by atoms with Crippen LogP contribution in [0.1, 0.15) is 31.4 Å². The highest BCUT2D eigenvalue weighted by Crippen LogP contribution is 2.30. The molecule has 8 nitrogen and oxygen atoms in total. The van der Waals surface area contributed by atoms with E-state index in [0.717, 1.165) is 23.2 Å². The van der Waals surface area contributed by atoms with Gasteiger partial charge in [0.2, 0.25) is 15.9 Å². The van der Waals surface area contributed by atoms with E-state index in [1.807, 2.05) is 13.8 Å². The number of amides is 2. The van der Waals surface area contributed by atoms with Gasteiger partial charge in [0, 0.05) is 25.3 Å². The van der Waals surface area contributed by atoms with Crippen LogP contribution in [0.5, 0.6) is 5.75 Å². The fourth-order valence-electron chi connectivity index (χ4n) is 3.83. The van der Waals surface area contributed by atoms with Gasteiger partial charge in [-0.2, -0.15) is 4.31 Å². The number of nitrogens with zero attached hydrogens (tertiary/aromatic N) is 2. The summed E-state index contributed by atoms with van der Waals surface area (Å²) in [5, 5.41) is 0. The van der Waals surface area contributed by atoms with Crippen LogP contribution in [0.2, 0.25) is 0 Å². The summed E-state index contributed by atoms with van der Waals surface area (Å²) in [5.74, 6) is -0.0957. The van der Waals surface area contributed by atoms with Crippen molar-refractivity contribution in [3.63, 3.8) is 0 Å². The number of fused-ring (bicyclic) bond motifs is 1. The van der Waals surface area contributed by atoms with E-state index in [0.29, 0.717) is 31.8 Å². The first-order valence-electron chi connectivity index (χ1n) is 10.7. The van der Waals surface area contributed by atoms with Crippen LogP contribution in [-0.4, -0.2) is 50.8 Å². The first-order chi connectivity index (χ1) is 15.3. The second-order valence-corrected chi connectivity index (χ2v) is 9.54. The third-order valence-electron chi connectivity index (χ3n) is 5.48. The number of nitrogens with two attached hydrogens (primary N) is 1. The maximum atomic E-state index is 12.8. The van der Waals surface area contributed by atoms with Gasteiger partial charge in [-0.15, -0.1) is 0 Å². The van der Waals surface area contributed by atoms with Crippen molar-refractivity contribution in [2.45, 2.75) is 38.0 Å². The van der Waals surface area contributed by atoms with E-state index in [1.54, 1.807) is 47.4 Å². The molecule has 2 amide bonds. The standard InChI is InChI=1S/C23H29N3O5S/c1-3-25(4-2)32(29,30)20-11-12-21-18(15-20)6-5-13-26(21)23(28)16-31-19-9-7-17(8-10-19)14-22(24)27/h7-12,15H,3-6,13-14,16H2,1-2H3,(H2,24,27). The number of hydrogen-bond donors (Lipinski definition) is 1. The third kappa shape index (κ3) is 5.28. The highest BCUT2D eigenvalue weighted by atomic mass is 32.2. The molecule has 0 fully saturated rings. The quantitative estimate of drug-likeness (QED) is 0.618. The molecule has 32 heavy (non-hydrogen) atoms. The molecule has 2 N–H and O–H groups in total. The highest BCUT2D eigenvalue weighted by molar-refractivity contribution is 7.89. The third-order valence-corrected chi connectivity index (χ3v) is 7.52. The van der Waals surface area contributed by atoms with Gasteiger partial charge in [0.15, 0.2) is 6.61 Å². The Hall–Kier alpha value is -2.91. The number of primary amides is 1. The fraction of sp³-hybridized carbons (Fsp3) is 0.391. The highest BCUT2D eigenvalue weighted by Gasteiger charge is 2.27. The maximum absolute atomic E-state index is 12.8. The zero-order valence-corrected chi connectivity index (χ0v) is 19.2. The van der Waals surface area contributed by atoms with Crippen molar-refractivity contribution in [1.29, 1.82) is 0 Å². The number of anilines is 1. The molecule has 0 aliphatic carbocycles. The van der Waals surface area contributed by atoms with Gasteiger partial charge >= 0.3 is 0 Å². The Labute approximate surface area is 189 Å². The van der Waals surface area contributed by atoms with Crippen molar-refractivity contribution in [3.05, 3.63) is 53.6 Å². The number of aryl methyl sites for hydroxylation is 1. The lowest BCUT2D eigenvalue weighted by molar-refractivity contribution is -0.120. The summed E-state index contributed by atoms with van der Waals surface area (Å²) in [6.45, 7) is 4.84. The molecule has 2 aromatic rings. The minimum absolute atomic E-state index is 0.145. The number of hydrogen-bond acceptors (Lipinski definition) is 5. The van der Waals surface area contributed by atoms with Crippen LogP contribution in [0.15, 0.2) is 47.4 Å². The van der Waals surface area contributed by atoms with Crippen LogP contribution in [0.4, 0.5) is 5.69 Å². The van der Waals surface area contributed by atoms with Gasteiger partial charge in [-0.05, 0) is 54.3 Å². The second-order valence-electron chi connectivity index (χ2n) is 7.60. The monoisotopic (exact) mass is 459 g/mol. The minimum Gasteiger partial charge on any atom is -0.484 e. The first-order valence-corrected chi connectivity index (χ1v) is 12.1. The summed E-state index contributed by atoms with van der Waals surface area (Å²) in [6, 6.07) is 11.8. The SMILES string of the molecule is CCN(CC)S(=O)(=O)c1ccc2c(c1)CCCN2C(=O)COc1ccc(CC(N)=O)cc1. The molecule has 1 heterocycles. The average molecular weight is 460 g/mol. The fourth-order valence-corrected chi connectivity index (χ4v) is 5.34. The van der Waals surface area contributed by atoms with Gasteiger partial charge in [-0.1, -0.05) is 26.0 Å². The Morgan fingerprint density at radius 3 is 2.41 bits per heavy atom. The van der Waals surface area contributed by atoms with E-state index in [9.17, 15) is 18.0 Å². The molecular formula is C23H29N3O5S. The molecule has 1 aliphatic heterocycles. The van der Waals surface area contributed by atoms with E-state index < -0.39 is 15.9 Å². The molecule has 0 bridgehead atoms. The zero-order valence-electron chi connectivity index (χ0n) is 18.4. The topological polar surface area (TPSA) is 110 Å². The number of ether oxygens (including phenoxy) is 1. The lowest BCUT2D eigenvalue weighted by atomic mass is 10.0. The number of carbonyl (C=O) groups excluding carboxylic acids is 2. The van der Waals surface area contributed by atoms with Crippen molar-refractivity contribution in [1.82, 2.24) is 4.31 Å². The smallest absolute Gasteiger partial charge is 0.264 e. The number of sulfonamides is 1. The molecular weight excluding hydrogens is 430 g/mol. The van der Waals surface area contributed by atoms with Gasteiger partial charge in [-0.25, -0.2) is 8.42 Å². The van der Waals surface area contributed by atoms with Crippen molar-refractivity contribution in [2.75, 3.05) is 31.1 Å². The van der Waals surface area contributed by atoms with Crippen molar-refractivity contribution in [3.8, 4) is 5.75 Å². The summed E-state index contributed by atoms with van der Waals surface area (Å²) in [6.07, 6.45) is 1.61. The summed E-state index contributed by atoms with van der Waals surface area (Å²) >= 11 is 0. The van der Waals surface area contributed by atoms with Gasteiger partial charge < -0.3 is 15.4 Å².